The predicted molar refractivity (Wildman–Crippen MR) is 90.2 cm³/mol. The van der Waals surface area contributed by atoms with Crippen molar-refractivity contribution in [2.24, 2.45) is 0 Å². The lowest BCUT2D eigenvalue weighted by Gasteiger charge is -2.09. The minimum Gasteiger partial charge on any atom is -0.497 e. The van der Waals surface area contributed by atoms with Crippen LogP contribution in [0.25, 0.3) is 21.8 Å². The Bertz CT molecular complexity index is 1010. The highest BCUT2D eigenvalue weighted by atomic mass is 16.5. The summed E-state index contributed by atoms with van der Waals surface area (Å²) < 4.78 is 5.30. The first kappa shape index (κ1) is 13.5. The molecule has 0 fully saturated rings. The van der Waals surface area contributed by atoms with Crippen LogP contribution in [0.5, 0.6) is 5.75 Å². The van der Waals surface area contributed by atoms with Crippen LogP contribution in [0, 0.1) is 6.92 Å². The van der Waals surface area contributed by atoms with Gasteiger partial charge in [-0.15, -0.1) is 0 Å². The van der Waals surface area contributed by atoms with E-state index in [9.17, 15) is 0 Å². The minimum atomic E-state index is 0.702. The van der Waals surface area contributed by atoms with Gasteiger partial charge in [-0.2, -0.15) is 5.10 Å². The Morgan fingerprint density at radius 1 is 1.09 bits per heavy atom. The summed E-state index contributed by atoms with van der Waals surface area (Å²) in [5.74, 6) is 2.25. The number of anilines is 2. The summed E-state index contributed by atoms with van der Waals surface area (Å²) >= 11 is 0. The zero-order valence-corrected chi connectivity index (χ0v) is 12.8. The van der Waals surface area contributed by atoms with Crippen LogP contribution in [-0.2, 0) is 0 Å². The van der Waals surface area contributed by atoms with Crippen molar-refractivity contribution >= 4 is 33.4 Å². The molecule has 0 spiro atoms. The van der Waals surface area contributed by atoms with Crippen LogP contribution in [-0.4, -0.2) is 27.3 Å². The molecule has 0 aliphatic heterocycles. The Kier molecular flexibility index (Phi) is 3.08. The molecule has 0 saturated carbocycles. The average Bonchev–Trinajstić information content (AvgIpc) is 3.05. The molecule has 3 aromatic heterocycles. The maximum atomic E-state index is 5.30. The molecular formula is C17H15N5O. The molecule has 4 rings (SSSR count). The first-order chi connectivity index (χ1) is 11.2. The minimum absolute atomic E-state index is 0.702. The van der Waals surface area contributed by atoms with Gasteiger partial charge in [0, 0.05) is 16.5 Å². The fraction of sp³-hybridized carbons (Fsp3) is 0.118. The number of nitrogens with one attached hydrogen (secondary N) is 2. The SMILES string of the molecule is COc1ccc2nc(Nc3cccc(C)n3)c3[nH]ncc3c2c1. The fourth-order valence-corrected chi connectivity index (χ4v) is 2.63. The summed E-state index contributed by atoms with van der Waals surface area (Å²) in [5, 5.41) is 12.4. The van der Waals surface area contributed by atoms with Crippen molar-refractivity contribution in [2.75, 3.05) is 12.4 Å². The zero-order chi connectivity index (χ0) is 15.8. The highest BCUT2D eigenvalue weighted by Crippen LogP contribution is 2.31. The van der Waals surface area contributed by atoms with Gasteiger partial charge < -0.3 is 10.1 Å². The monoisotopic (exact) mass is 305 g/mol. The lowest BCUT2D eigenvalue weighted by molar-refractivity contribution is 0.415. The number of rotatable bonds is 3. The third kappa shape index (κ3) is 2.34. The van der Waals surface area contributed by atoms with Gasteiger partial charge in [-0.1, -0.05) is 6.07 Å². The maximum absolute atomic E-state index is 5.30. The number of aromatic amines is 1. The number of aromatic nitrogens is 4. The predicted octanol–water partition coefficient (Wildman–Crippen LogP) is 3.57. The molecule has 6 nitrogen and oxygen atoms in total. The summed E-state index contributed by atoms with van der Waals surface area (Å²) in [4.78, 5) is 9.16. The van der Waals surface area contributed by atoms with E-state index in [1.54, 1.807) is 13.3 Å². The van der Waals surface area contributed by atoms with E-state index in [2.05, 4.69) is 20.5 Å². The maximum Gasteiger partial charge on any atom is 0.158 e. The number of aryl methyl sites for hydroxylation is 1. The highest BCUT2D eigenvalue weighted by molar-refractivity contribution is 6.09. The Morgan fingerprint density at radius 2 is 2.00 bits per heavy atom. The van der Waals surface area contributed by atoms with Crippen molar-refractivity contribution < 1.29 is 4.74 Å². The normalized spacial score (nSPS) is 11.0. The number of nitrogens with zero attached hydrogens (tertiary/aromatic N) is 3. The van der Waals surface area contributed by atoms with Crippen LogP contribution in [0.1, 0.15) is 5.69 Å². The number of methoxy groups -OCH3 is 1. The molecule has 0 unspecified atom stereocenters. The Morgan fingerprint density at radius 3 is 2.83 bits per heavy atom. The molecule has 0 aliphatic carbocycles. The number of fused-ring (bicyclic) bond motifs is 3. The van der Waals surface area contributed by atoms with Crippen molar-refractivity contribution in [2.45, 2.75) is 6.92 Å². The second-order valence-corrected chi connectivity index (χ2v) is 5.29. The Hall–Kier alpha value is -3.15. The molecule has 0 bridgehead atoms. The summed E-state index contributed by atoms with van der Waals surface area (Å²) in [5.41, 5.74) is 2.66. The second-order valence-electron chi connectivity index (χ2n) is 5.29. The molecule has 23 heavy (non-hydrogen) atoms. The van der Waals surface area contributed by atoms with Crippen LogP contribution >= 0.6 is 0 Å². The van der Waals surface area contributed by atoms with Crippen LogP contribution < -0.4 is 10.1 Å². The van der Waals surface area contributed by atoms with Gasteiger partial charge in [0.25, 0.3) is 0 Å². The Balaban J connectivity index is 1.90. The molecule has 0 saturated heterocycles. The van der Waals surface area contributed by atoms with Crippen molar-refractivity contribution in [1.29, 1.82) is 0 Å². The van der Waals surface area contributed by atoms with Gasteiger partial charge in [0.2, 0.25) is 0 Å². The van der Waals surface area contributed by atoms with Crippen molar-refractivity contribution in [3.8, 4) is 5.75 Å². The van der Waals surface area contributed by atoms with Gasteiger partial charge in [-0.25, -0.2) is 9.97 Å². The molecular weight excluding hydrogens is 290 g/mol. The number of hydrogen-bond acceptors (Lipinski definition) is 5. The van der Waals surface area contributed by atoms with Crippen molar-refractivity contribution in [3.63, 3.8) is 0 Å². The zero-order valence-electron chi connectivity index (χ0n) is 12.8. The second kappa shape index (κ2) is 5.24. The molecule has 4 aromatic rings. The van der Waals surface area contributed by atoms with E-state index in [1.165, 1.54) is 0 Å². The van der Waals surface area contributed by atoms with Crippen LogP contribution in [0.2, 0.25) is 0 Å². The van der Waals surface area contributed by atoms with E-state index in [1.807, 2.05) is 43.3 Å². The van der Waals surface area contributed by atoms with E-state index in [4.69, 9.17) is 9.72 Å². The highest BCUT2D eigenvalue weighted by Gasteiger charge is 2.11. The standard InChI is InChI=1S/C17H15N5O/c1-10-4-3-5-15(19-10)21-17-16-13(9-18-22-16)12-8-11(23-2)6-7-14(12)20-17/h3-9H,1-2H3,(H,18,22)(H,19,20,21). The van der Waals surface area contributed by atoms with Crippen LogP contribution in [0.15, 0.2) is 42.6 Å². The summed E-state index contributed by atoms with van der Waals surface area (Å²) in [7, 11) is 1.65. The average molecular weight is 305 g/mol. The van der Waals surface area contributed by atoms with E-state index in [-0.39, 0.29) is 0 Å². The summed E-state index contributed by atoms with van der Waals surface area (Å²) in [6.07, 6.45) is 1.80. The summed E-state index contributed by atoms with van der Waals surface area (Å²) in [6.45, 7) is 1.96. The van der Waals surface area contributed by atoms with Gasteiger partial charge in [-0.05, 0) is 37.3 Å². The van der Waals surface area contributed by atoms with Crippen molar-refractivity contribution in [1.82, 2.24) is 20.2 Å². The third-order valence-electron chi connectivity index (χ3n) is 3.74. The first-order valence-corrected chi connectivity index (χ1v) is 7.26. The largest absolute Gasteiger partial charge is 0.497 e. The first-order valence-electron chi connectivity index (χ1n) is 7.26. The van der Waals surface area contributed by atoms with Gasteiger partial charge in [0.1, 0.15) is 17.1 Å². The number of H-pyrrole nitrogens is 1. The summed E-state index contributed by atoms with van der Waals surface area (Å²) in [6, 6.07) is 11.6. The lowest BCUT2D eigenvalue weighted by atomic mass is 10.1. The number of ether oxygens (including phenoxy) is 1. The quantitative estimate of drug-likeness (QED) is 0.605. The topological polar surface area (TPSA) is 75.7 Å². The van der Waals surface area contributed by atoms with Gasteiger partial charge >= 0.3 is 0 Å². The van der Waals surface area contributed by atoms with E-state index in [0.29, 0.717) is 5.82 Å². The Labute approximate surface area is 132 Å². The smallest absolute Gasteiger partial charge is 0.158 e. The molecule has 0 amide bonds. The molecule has 0 atom stereocenters. The molecule has 0 radical (unpaired) electrons. The molecule has 1 aromatic carbocycles. The van der Waals surface area contributed by atoms with Crippen LogP contribution in [0.4, 0.5) is 11.6 Å². The van der Waals surface area contributed by atoms with Crippen LogP contribution in [0.3, 0.4) is 0 Å². The number of pyridine rings is 2. The number of hydrogen-bond donors (Lipinski definition) is 2. The van der Waals surface area contributed by atoms with Crippen molar-refractivity contribution in [3.05, 3.63) is 48.3 Å². The van der Waals surface area contributed by atoms with E-state index in [0.717, 1.165) is 39.1 Å². The molecule has 0 aliphatic rings. The van der Waals surface area contributed by atoms with E-state index >= 15 is 0 Å². The third-order valence-corrected chi connectivity index (χ3v) is 3.74. The number of benzene rings is 1. The lowest BCUT2D eigenvalue weighted by Crippen LogP contribution is -1.98. The molecule has 6 heteroatoms. The molecule has 3 heterocycles. The van der Waals surface area contributed by atoms with E-state index < -0.39 is 0 Å². The van der Waals surface area contributed by atoms with Gasteiger partial charge in [0.05, 0.1) is 18.8 Å². The molecule has 114 valence electrons. The molecule has 2 N–H and O–H groups in total. The van der Waals surface area contributed by atoms with Gasteiger partial charge in [0.15, 0.2) is 5.82 Å². The van der Waals surface area contributed by atoms with Gasteiger partial charge in [-0.3, -0.25) is 5.10 Å². The fourth-order valence-electron chi connectivity index (χ4n) is 2.63.